The van der Waals surface area contributed by atoms with Gasteiger partial charge in [-0.25, -0.2) is 0 Å². The van der Waals surface area contributed by atoms with Crippen LogP contribution in [-0.2, 0) is 16.1 Å². The third kappa shape index (κ3) is 5.40. The molecule has 106 valence electrons. The monoisotopic (exact) mass is 283 g/mol. The van der Waals surface area contributed by atoms with E-state index in [-0.39, 0.29) is 25.0 Å². The lowest BCUT2D eigenvalue weighted by Crippen LogP contribution is -2.45. The van der Waals surface area contributed by atoms with E-state index in [0.29, 0.717) is 6.54 Å². The molecule has 0 aliphatic rings. The molecule has 0 saturated carbocycles. The van der Waals surface area contributed by atoms with Gasteiger partial charge < -0.3 is 10.6 Å². The first-order valence-electron chi connectivity index (χ1n) is 6.17. The molecule has 6 heteroatoms. The van der Waals surface area contributed by atoms with Crippen LogP contribution in [0.4, 0.5) is 0 Å². The third-order valence-electron chi connectivity index (χ3n) is 2.85. The maximum atomic E-state index is 12.1. The summed E-state index contributed by atoms with van der Waals surface area (Å²) in [6.07, 6.45) is 0. The zero-order chi connectivity index (χ0) is 14.4. The second-order valence-corrected chi connectivity index (χ2v) is 5.63. The van der Waals surface area contributed by atoms with Gasteiger partial charge in [0.05, 0.1) is 13.1 Å². The summed E-state index contributed by atoms with van der Waals surface area (Å²) in [4.78, 5) is 26.5. The number of carbonyl (C=O) groups is 2. The lowest BCUT2D eigenvalue weighted by Gasteiger charge is -2.26. The minimum absolute atomic E-state index is 0.0128. The van der Waals surface area contributed by atoms with Crippen LogP contribution in [0.15, 0.2) is 16.8 Å². The van der Waals surface area contributed by atoms with Gasteiger partial charge >= 0.3 is 0 Å². The number of amides is 2. The number of nitrogens with two attached hydrogens (primary N) is 1. The van der Waals surface area contributed by atoms with Crippen LogP contribution >= 0.6 is 11.3 Å². The molecule has 0 unspecified atom stereocenters. The minimum atomic E-state index is -0.415. The Bertz CT molecular complexity index is 418. The highest BCUT2D eigenvalue weighted by molar-refractivity contribution is 7.07. The number of thiophene rings is 1. The molecule has 0 fully saturated rings. The van der Waals surface area contributed by atoms with Crippen LogP contribution in [0, 0.1) is 0 Å². The van der Waals surface area contributed by atoms with Gasteiger partial charge in [0.25, 0.3) is 0 Å². The van der Waals surface area contributed by atoms with Gasteiger partial charge in [-0.05, 0) is 36.2 Å². The van der Waals surface area contributed by atoms with E-state index in [1.807, 2.05) is 30.7 Å². The topological polar surface area (TPSA) is 66.6 Å². The average Bonchev–Trinajstić information content (AvgIpc) is 2.79. The largest absolute Gasteiger partial charge is 0.369 e. The molecule has 0 aromatic carbocycles. The van der Waals surface area contributed by atoms with Crippen LogP contribution in [0.2, 0.25) is 0 Å². The molecule has 19 heavy (non-hydrogen) atoms. The van der Waals surface area contributed by atoms with Gasteiger partial charge in [-0.1, -0.05) is 0 Å². The third-order valence-corrected chi connectivity index (χ3v) is 3.59. The van der Waals surface area contributed by atoms with Gasteiger partial charge in [0.1, 0.15) is 0 Å². The van der Waals surface area contributed by atoms with Crippen LogP contribution < -0.4 is 5.73 Å². The van der Waals surface area contributed by atoms with Crippen molar-refractivity contribution in [2.24, 2.45) is 5.73 Å². The smallest absolute Gasteiger partial charge is 0.236 e. The molecule has 1 aromatic heterocycles. The van der Waals surface area contributed by atoms with Gasteiger partial charge in [0, 0.05) is 19.6 Å². The van der Waals surface area contributed by atoms with Gasteiger partial charge in [-0.2, -0.15) is 11.3 Å². The van der Waals surface area contributed by atoms with E-state index in [1.165, 1.54) is 0 Å². The van der Waals surface area contributed by atoms with Crippen LogP contribution in [-0.4, -0.2) is 47.8 Å². The minimum Gasteiger partial charge on any atom is -0.369 e. The highest BCUT2D eigenvalue weighted by atomic mass is 32.1. The summed E-state index contributed by atoms with van der Waals surface area (Å²) in [5.74, 6) is -0.428. The molecule has 1 heterocycles. The highest BCUT2D eigenvalue weighted by Crippen LogP contribution is 2.09. The number of hydrogen-bond acceptors (Lipinski definition) is 4. The van der Waals surface area contributed by atoms with E-state index in [0.717, 1.165) is 5.56 Å². The lowest BCUT2D eigenvalue weighted by atomic mass is 10.3. The summed E-state index contributed by atoms with van der Waals surface area (Å²) in [7, 11) is 1.77. The number of rotatable bonds is 7. The summed E-state index contributed by atoms with van der Waals surface area (Å²) < 4.78 is 0. The molecular weight excluding hydrogens is 262 g/mol. The van der Waals surface area contributed by atoms with Crippen molar-refractivity contribution in [1.29, 1.82) is 0 Å². The zero-order valence-corrected chi connectivity index (χ0v) is 12.4. The molecule has 0 bridgehead atoms. The second-order valence-electron chi connectivity index (χ2n) is 4.85. The van der Waals surface area contributed by atoms with Crippen molar-refractivity contribution in [3.05, 3.63) is 22.4 Å². The molecule has 5 nitrogen and oxygen atoms in total. The van der Waals surface area contributed by atoms with E-state index < -0.39 is 5.91 Å². The fourth-order valence-corrected chi connectivity index (χ4v) is 2.32. The Balaban J connectivity index is 2.53. The molecule has 2 amide bonds. The number of carbonyl (C=O) groups excluding carboxylic acids is 2. The fourth-order valence-electron chi connectivity index (χ4n) is 1.66. The van der Waals surface area contributed by atoms with E-state index in [2.05, 4.69) is 0 Å². The van der Waals surface area contributed by atoms with Gasteiger partial charge in [-0.3, -0.25) is 14.5 Å². The maximum Gasteiger partial charge on any atom is 0.236 e. The second kappa shape index (κ2) is 7.25. The van der Waals surface area contributed by atoms with E-state index >= 15 is 0 Å². The van der Waals surface area contributed by atoms with E-state index in [9.17, 15) is 9.59 Å². The number of hydrogen-bond donors (Lipinski definition) is 1. The molecule has 0 aliphatic heterocycles. The first-order valence-corrected chi connectivity index (χ1v) is 7.11. The molecule has 1 aromatic rings. The summed E-state index contributed by atoms with van der Waals surface area (Å²) in [6.45, 7) is 4.78. The van der Waals surface area contributed by atoms with Crippen LogP contribution in [0.5, 0.6) is 0 Å². The molecule has 0 aliphatic carbocycles. The van der Waals surface area contributed by atoms with Crippen molar-refractivity contribution in [3.63, 3.8) is 0 Å². The first kappa shape index (κ1) is 15.7. The number of primary amides is 1. The molecule has 0 atom stereocenters. The molecule has 1 rings (SSSR count). The van der Waals surface area contributed by atoms with Crippen molar-refractivity contribution in [1.82, 2.24) is 9.80 Å². The van der Waals surface area contributed by atoms with Crippen molar-refractivity contribution in [2.75, 3.05) is 20.1 Å². The van der Waals surface area contributed by atoms with Crippen molar-refractivity contribution >= 4 is 23.2 Å². The van der Waals surface area contributed by atoms with Gasteiger partial charge in [0.2, 0.25) is 11.8 Å². The van der Waals surface area contributed by atoms with E-state index in [1.54, 1.807) is 28.2 Å². The van der Waals surface area contributed by atoms with Crippen LogP contribution in [0.3, 0.4) is 0 Å². The molecule has 0 spiro atoms. The van der Waals surface area contributed by atoms with Gasteiger partial charge in [0.15, 0.2) is 0 Å². The lowest BCUT2D eigenvalue weighted by molar-refractivity contribution is -0.132. The summed E-state index contributed by atoms with van der Waals surface area (Å²) in [5, 5.41) is 4.01. The zero-order valence-electron chi connectivity index (χ0n) is 11.6. The Morgan fingerprint density at radius 1 is 1.37 bits per heavy atom. The Morgan fingerprint density at radius 2 is 2.05 bits per heavy atom. The van der Waals surface area contributed by atoms with Crippen molar-refractivity contribution in [2.45, 2.75) is 26.4 Å². The first-order chi connectivity index (χ1) is 8.90. The maximum absolute atomic E-state index is 12.1. The fraction of sp³-hybridized carbons (Fsp3) is 0.538. The Hall–Kier alpha value is -1.40. The molecule has 0 saturated heterocycles. The van der Waals surface area contributed by atoms with Crippen molar-refractivity contribution in [3.8, 4) is 0 Å². The number of likely N-dealkylation sites (N-methyl/N-ethyl adjacent to an activating group) is 1. The molecule has 2 N–H and O–H groups in total. The predicted molar refractivity (Wildman–Crippen MR) is 76.7 cm³/mol. The summed E-state index contributed by atoms with van der Waals surface area (Å²) >= 11 is 1.61. The highest BCUT2D eigenvalue weighted by Gasteiger charge is 2.18. The average molecular weight is 283 g/mol. The van der Waals surface area contributed by atoms with Crippen molar-refractivity contribution < 1.29 is 9.59 Å². The number of nitrogens with zero attached hydrogens (tertiary/aromatic N) is 2. The Labute approximate surface area is 118 Å². The predicted octanol–water partition coefficient (Wildman–Crippen LogP) is 0.902. The molecule has 0 radical (unpaired) electrons. The summed E-state index contributed by atoms with van der Waals surface area (Å²) in [5.41, 5.74) is 6.31. The normalized spacial score (nSPS) is 11.0. The van der Waals surface area contributed by atoms with Crippen LogP contribution in [0.25, 0.3) is 0 Å². The van der Waals surface area contributed by atoms with Gasteiger partial charge in [-0.15, -0.1) is 0 Å². The summed E-state index contributed by atoms with van der Waals surface area (Å²) in [6, 6.07) is 2.10. The SMILES string of the molecule is CC(C)N(CC(N)=O)CC(=O)N(C)Cc1ccsc1. The Kier molecular flexibility index (Phi) is 5.98. The van der Waals surface area contributed by atoms with E-state index in [4.69, 9.17) is 5.73 Å². The molecular formula is C13H21N3O2S. The quantitative estimate of drug-likeness (QED) is 0.808. The standard InChI is InChI=1S/C13H21N3O2S/c1-10(2)16(7-12(14)17)8-13(18)15(3)6-11-4-5-19-9-11/h4-5,9-10H,6-8H2,1-3H3,(H2,14,17). The Morgan fingerprint density at radius 3 is 2.53 bits per heavy atom. The van der Waals surface area contributed by atoms with Crippen LogP contribution in [0.1, 0.15) is 19.4 Å².